The Labute approximate surface area is 107 Å². The lowest BCUT2D eigenvalue weighted by atomic mass is 10.1. The third-order valence-electron chi connectivity index (χ3n) is 2.98. The van der Waals surface area contributed by atoms with Crippen molar-refractivity contribution in [3.05, 3.63) is 28.8 Å². The number of carboxylic acids is 1. The summed E-state index contributed by atoms with van der Waals surface area (Å²) >= 11 is 5.97. The second-order valence-corrected chi connectivity index (χ2v) is 4.42. The van der Waals surface area contributed by atoms with Gasteiger partial charge in [0.05, 0.1) is 10.6 Å². The third kappa shape index (κ3) is 3.13. The lowest BCUT2D eigenvalue weighted by molar-refractivity contribution is 0.0697. The summed E-state index contributed by atoms with van der Waals surface area (Å²) in [5.41, 5.74) is 1.12. The van der Waals surface area contributed by atoms with E-state index in [4.69, 9.17) is 16.7 Å². The molecule has 0 aromatic heterocycles. The highest BCUT2D eigenvalue weighted by atomic mass is 35.5. The van der Waals surface area contributed by atoms with Gasteiger partial charge in [-0.3, -0.25) is 0 Å². The molecule has 94 valence electrons. The fourth-order valence-corrected chi connectivity index (χ4v) is 2.08. The smallest absolute Gasteiger partial charge is 0.337 e. The van der Waals surface area contributed by atoms with Gasteiger partial charge in [-0.15, -0.1) is 0 Å². The van der Waals surface area contributed by atoms with E-state index in [1.165, 1.54) is 0 Å². The summed E-state index contributed by atoms with van der Waals surface area (Å²) in [6.07, 6.45) is 1.03. The van der Waals surface area contributed by atoms with Crippen LogP contribution in [0.3, 0.4) is 0 Å². The Morgan fingerprint density at radius 1 is 1.47 bits per heavy atom. The minimum absolute atomic E-state index is 0.149. The molecule has 0 radical (unpaired) electrons. The van der Waals surface area contributed by atoms with E-state index >= 15 is 0 Å². The van der Waals surface area contributed by atoms with E-state index in [9.17, 15) is 4.79 Å². The van der Waals surface area contributed by atoms with E-state index in [1.54, 1.807) is 12.1 Å². The molecule has 0 aliphatic rings. The van der Waals surface area contributed by atoms with Crippen molar-refractivity contribution in [1.29, 1.82) is 0 Å². The first-order chi connectivity index (χ1) is 8.01. The van der Waals surface area contributed by atoms with Crippen LogP contribution in [-0.4, -0.2) is 23.7 Å². The lowest BCUT2D eigenvalue weighted by Gasteiger charge is -2.29. The lowest BCUT2D eigenvalue weighted by Crippen LogP contribution is -2.32. The highest BCUT2D eigenvalue weighted by Gasteiger charge is 2.14. The van der Waals surface area contributed by atoms with E-state index in [-0.39, 0.29) is 10.6 Å². The van der Waals surface area contributed by atoms with Crippen molar-refractivity contribution < 1.29 is 9.90 Å². The van der Waals surface area contributed by atoms with Gasteiger partial charge in [0.25, 0.3) is 0 Å². The van der Waals surface area contributed by atoms with E-state index in [0.29, 0.717) is 6.04 Å². The Kier molecular flexibility index (Phi) is 4.82. The average molecular weight is 256 g/mol. The van der Waals surface area contributed by atoms with Crippen LogP contribution in [-0.2, 0) is 0 Å². The van der Waals surface area contributed by atoms with Crippen LogP contribution in [0.5, 0.6) is 0 Å². The highest BCUT2D eigenvalue weighted by Crippen LogP contribution is 2.25. The number of rotatable bonds is 5. The molecule has 3 nitrogen and oxygen atoms in total. The number of carboxylic acid groups (broad SMARTS) is 1. The molecule has 0 heterocycles. The molecular formula is C13H18ClNO2. The molecule has 1 rings (SSSR count). The summed E-state index contributed by atoms with van der Waals surface area (Å²) in [5, 5.41) is 9.20. The van der Waals surface area contributed by atoms with Crippen molar-refractivity contribution in [3.8, 4) is 0 Å². The van der Waals surface area contributed by atoms with Crippen LogP contribution in [0.2, 0.25) is 5.02 Å². The van der Waals surface area contributed by atoms with E-state index in [0.717, 1.165) is 18.7 Å². The van der Waals surface area contributed by atoms with Crippen LogP contribution >= 0.6 is 11.6 Å². The van der Waals surface area contributed by atoms with Crippen LogP contribution in [0, 0.1) is 0 Å². The molecule has 0 saturated carbocycles. The molecule has 1 unspecified atom stereocenters. The van der Waals surface area contributed by atoms with Gasteiger partial charge in [-0.1, -0.05) is 18.5 Å². The van der Waals surface area contributed by atoms with E-state index in [2.05, 4.69) is 25.7 Å². The zero-order chi connectivity index (χ0) is 13.0. The summed E-state index contributed by atoms with van der Waals surface area (Å²) in [6, 6.07) is 5.50. The second-order valence-electron chi connectivity index (χ2n) is 4.01. The summed E-state index contributed by atoms with van der Waals surface area (Å²) in [4.78, 5) is 13.1. The van der Waals surface area contributed by atoms with E-state index < -0.39 is 5.97 Å². The van der Waals surface area contributed by atoms with Crippen molar-refractivity contribution in [2.45, 2.75) is 33.2 Å². The molecule has 1 N–H and O–H groups in total. The number of anilines is 1. The third-order valence-corrected chi connectivity index (χ3v) is 3.29. The summed E-state index contributed by atoms with van der Waals surface area (Å²) < 4.78 is 0. The number of halogens is 1. The largest absolute Gasteiger partial charge is 0.478 e. The van der Waals surface area contributed by atoms with Gasteiger partial charge in [0.15, 0.2) is 0 Å². The van der Waals surface area contributed by atoms with Crippen molar-refractivity contribution in [3.63, 3.8) is 0 Å². The maximum Gasteiger partial charge on any atom is 0.337 e. The maximum absolute atomic E-state index is 10.9. The standard InChI is InChI=1S/C13H18ClNO2/c1-4-9(3)15(5-2)10-6-7-11(13(16)17)12(14)8-10/h6-9H,4-5H2,1-3H3,(H,16,17). The highest BCUT2D eigenvalue weighted by molar-refractivity contribution is 6.33. The number of nitrogens with zero attached hydrogens (tertiary/aromatic N) is 1. The Morgan fingerprint density at radius 3 is 2.53 bits per heavy atom. The fourth-order valence-electron chi connectivity index (χ4n) is 1.83. The monoisotopic (exact) mass is 255 g/mol. The van der Waals surface area contributed by atoms with Crippen LogP contribution in [0.1, 0.15) is 37.6 Å². The summed E-state index contributed by atoms with van der Waals surface area (Å²) in [5.74, 6) is -0.992. The first-order valence-electron chi connectivity index (χ1n) is 5.80. The van der Waals surface area contributed by atoms with Crippen molar-refractivity contribution in [2.24, 2.45) is 0 Å². The van der Waals surface area contributed by atoms with Crippen molar-refractivity contribution in [1.82, 2.24) is 0 Å². The van der Waals surface area contributed by atoms with Gasteiger partial charge in [-0.25, -0.2) is 4.79 Å². The Hall–Kier alpha value is -1.22. The maximum atomic E-state index is 10.9. The van der Waals surface area contributed by atoms with Gasteiger partial charge in [-0.05, 0) is 38.5 Å². The van der Waals surface area contributed by atoms with Gasteiger partial charge in [0.1, 0.15) is 0 Å². The van der Waals surface area contributed by atoms with Crippen LogP contribution in [0.25, 0.3) is 0 Å². The van der Waals surface area contributed by atoms with Crippen LogP contribution in [0.4, 0.5) is 5.69 Å². The minimum atomic E-state index is -0.992. The summed E-state index contributed by atoms with van der Waals surface area (Å²) in [6.45, 7) is 7.21. The molecule has 0 saturated heterocycles. The molecule has 0 spiro atoms. The predicted octanol–water partition coefficient (Wildman–Crippen LogP) is 3.66. The van der Waals surface area contributed by atoms with Crippen molar-refractivity contribution >= 4 is 23.3 Å². The molecule has 1 aromatic rings. The molecule has 0 amide bonds. The number of hydrogen-bond donors (Lipinski definition) is 1. The van der Waals surface area contributed by atoms with Gasteiger partial charge in [-0.2, -0.15) is 0 Å². The first kappa shape index (κ1) is 13.8. The number of hydrogen-bond acceptors (Lipinski definition) is 2. The molecule has 0 bridgehead atoms. The van der Waals surface area contributed by atoms with Gasteiger partial charge in [0, 0.05) is 18.3 Å². The Morgan fingerprint density at radius 2 is 2.12 bits per heavy atom. The summed E-state index contributed by atoms with van der Waals surface area (Å²) in [7, 11) is 0. The minimum Gasteiger partial charge on any atom is -0.478 e. The van der Waals surface area contributed by atoms with Crippen molar-refractivity contribution in [2.75, 3.05) is 11.4 Å². The van der Waals surface area contributed by atoms with Gasteiger partial charge in [0.2, 0.25) is 0 Å². The predicted molar refractivity (Wildman–Crippen MR) is 71.2 cm³/mol. The van der Waals surface area contributed by atoms with Gasteiger partial charge >= 0.3 is 5.97 Å². The zero-order valence-electron chi connectivity index (χ0n) is 10.4. The van der Waals surface area contributed by atoms with Gasteiger partial charge < -0.3 is 10.0 Å². The second kappa shape index (κ2) is 5.92. The molecule has 1 atom stereocenters. The molecule has 1 aromatic carbocycles. The normalized spacial score (nSPS) is 12.2. The number of aromatic carboxylic acids is 1. The molecule has 0 fully saturated rings. The van der Waals surface area contributed by atoms with Crippen LogP contribution < -0.4 is 4.90 Å². The topological polar surface area (TPSA) is 40.5 Å². The zero-order valence-corrected chi connectivity index (χ0v) is 11.2. The number of carbonyl (C=O) groups is 1. The Bertz CT molecular complexity index is 406. The SMILES string of the molecule is CCC(C)N(CC)c1ccc(C(=O)O)c(Cl)c1. The molecule has 0 aliphatic heterocycles. The molecule has 4 heteroatoms. The average Bonchev–Trinajstić information content (AvgIpc) is 2.29. The molecule has 17 heavy (non-hydrogen) atoms. The van der Waals surface area contributed by atoms with E-state index in [1.807, 2.05) is 6.07 Å². The number of benzene rings is 1. The first-order valence-corrected chi connectivity index (χ1v) is 6.18. The molecule has 0 aliphatic carbocycles. The molecular weight excluding hydrogens is 238 g/mol. The quantitative estimate of drug-likeness (QED) is 0.873. The fraction of sp³-hybridized carbons (Fsp3) is 0.462. The van der Waals surface area contributed by atoms with Crippen LogP contribution in [0.15, 0.2) is 18.2 Å². The Balaban J connectivity index is 3.07.